The molecule has 7 nitrogen and oxygen atoms in total. The third-order valence-electron chi connectivity index (χ3n) is 3.45. The maximum absolute atomic E-state index is 11.8. The van der Waals surface area contributed by atoms with Crippen molar-refractivity contribution in [1.29, 1.82) is 5.26 Å². The molecule has 3 rings (SSSR count). The van der Waals surface area contributed by atoms with E-state index in [2.05, 4.69) is 21.0 Å². The average molecular weight is 408 g/mol. The SMILES string of the molecule is CS(=O)(=O)c1nccc(-n2c(CC#N)cnc2-c2ccc(Cl)c(Cl)c2)n1. The van der Waals surface area contributed by atoms with Gasteiger partial charge in [0.2, 0.25) is 15.0 Å². The van der Waals surface area contributed by atoms with Gasteiger partial charge in [0.25, 0.3) is 0 Å². The molecule has 3 aromatic rings. The lowest BCUT2D eigenvalue weighted by Crippen LogP contribution is -2.10. The van der Waals surface area contributed by atoms with Crippen molar-refractivity contribution < 1.29 is 8.42 Å². The van der Waals surface area contributed by atoms with Crippen molar-refractivity contribution in [1.82, 2.24) is 19.5 Å². The molecule has 26 heavy (non-hydrogen) atoms. The molecular weight excluding hydrogens is 397 g/mol. The standard InChI is InChI=1S/C16H11Cl2N5O2S/c1-26(24,25)16-20-7-5-14(22-16)23-11(4-6-19)9-21-15(23)10-2-3-12(17)13(18)8-10/h2-3,5,7-9H,4H2,1H3. The fourth-order valence-corrected chi connectivity index (χ4v) is 3.13. The van der Waals surface area contributed by atoms with E-state index >= 15 is 0 Å². The molecule has 0 amide bonds. The molecule has 0 fully saturated rings. The van der Waals surface area contributed by atoms with E-state index in [-0.39, 0.29) is 17.4 Å². The van der Waals surface area contributed by atoms with Gasteiger partial charge in [-0.05, 0) is 24.3 Å². The minimum absolute atomic E-state index is 0.0620. The fraction of sp³-hybridized carbons (Fsp3) is 0.125. The number of nitriles is 1. The van der Waals surface area contributed by atoms with Crippen LogP contribution in [0.2, 0.25) is 10.0 Å². The van der Waals surface area contributed by atoms with Gasteiger partial charge >= 0.3 is 0 Å². The predicted molar refractivity (Wildman–Crippen MR) is 97.0 cm³/mol. The second-order valence-electron chi connectivity index (χ2n) is 5.34. The predicted octanol–water partition coefficient (Wildman–Crippen LogP) is 3.11. The summed E-state index contributed by atoms with van der Waals surface area (Å²) in [5.74, 6) is 0.733. The summed E-state index contributed by atoms with van der Waals surface area (Å²) >= 11 is 12.1. The van der Waals surface area contributed by atoms with E-state index in [0.29, 0.717) is 27.1 Å². The number of benzene rings is 1. The molecule has 2 aromatic heterocycles. The highest BCUT2D eigenvalue weighted by molar-refractivity contribution is 7.90. The van der Waals surface area contributed by atoms with Crippen LogP contribution in [0, 0.1) is 11.3 Å². The monoisotopic (exact) mass is 407 g/mol. The summed E-state index contributed by atoms with van der Waals surface area (Å²) < 4.78 is 25.1. The number of hydrogen-bond donors (Lipinski definition) is 0. The minimum atomic E-state index is -3.59. The highest BCUT2D eigenvalue weighted by Gasteiger charge is 2.18. The third kappa shape index (κ3) is 3.55. The Hall–Kier alpha value is -2.47. The Bertz CT molecular complexity index is 1140. The van der Waals surface area contributed by atoms with Gasteiger partial charge < -0.3 is 0 Å². The Kier molecular flexibility index (Phi) is 4.96. The van der Waals surface area contributed by atoms with Gasteiger partial charge in [-0.25, -0.2) is 23.4 Å². The second-order valence-corrected chi connectivity index (χ2v) is 8.07. The molecule has 0 spiro atoms. The van der Waals surface area contributed by atoms with Gasteiger partial charge in [-0.15, -0.1) is 0 Å². The van der Waals surface area contributed by atoms with Crippen LogP contribution in [-0.2, 0) is 16.3 Å². The Morgan fingerprint density at radius 2 is 1.96 bits per heavy atom. The highest BCUT2D eigenvalue weighted by Crippen LogP contribution is 2.30. The first-order valence-electron chi connectivity index (χ1n) is 7.23. The molecule has 0 aliphatic rings. The molecule has 0 aliphatic heterocycles. The Labute approximate surface area is 159 Å². The second kappa shape index (κ2) is 7.03. The first-order chi connectivity index (χ1) is 12.3. The summed E-state index contributed by atoms with van der Waals surface area (Å²) in [5, 5.41) is 9.51. The molecule has 0 bridgehead atoms. The van der Waals surface area contributed by atoms with E-state index < -0.39 is 9.84 Å². The molecule has 0 atom stereocenters. The summed E-state index contributed by atoms with van der Waals surface area (Å²) in [5.41, 5.74) is 1.19. The Morgan fingerprint density at radius 1 is 1.19 bits per heavy atom. The van der Waals surface area contributed by atoms with Crippen LogP contribution in [0.3, 0.4) is 0 Å². The zero-order valence-corrected chi connectivity index (χ0v) is 15.7. The number of halogens is 2. The lowest BCUT2D eigenvalue weighted by molar-refractivity contribution is 0.592. The molecule has 0 N–H and O–H groups in total. The normalized spacial score (nSPS) is 11.3. The number of aromatic nitrogens is 4. The lowest BCUT2D eigenvalue weighted by Gasteiger charge is -2.11. The van der Waals surface area contributed by atoms with Crippen LogP contribution in [-0.4, -0.2) is 34.2 Å². The quantitative estimate of drug-likeness (QED) is 0.615. The van der Waals surface area contributed by atoms with Gasteiger partial charge in [0.15, 0.2) is 0 Å². The third-order valence-corrected chi connectivity index (χ3v) is 5.05. The fourth-order valence-electron chi connectivity index (χ4n) is 2.32. The van der Waals surface area contributed by atoms with E-state index in [1.54, 1.807) is 22.8 Å². The summed E-state index contributed by atoms with van der Waals surface area (Å²) in [6.45, 7) is 0. The number of rotatable bonds is 4. The van der Waals surface area contributed by atoms with Crippen LogP contribution in [0.25, 0.3) is 17.2 Å². The molecular formula is C16H11Cl2N5O2S. The van der Waals surface area contributed by atoms with Crippen LogP contribution < -0.4 is 0 Å². The zero-order chi connectivity index (χ0) is 18.9. The molecule has 0 aliphatic carbocycles. The smallest absolute Gasteiger partial charge is 0.248 e. The van der Waals surface area contributed by atoms with Crippen LogP contribution in [0.5, 0.6) is 0 Å². The molecule has 0 saturated heterocycles. The van der Waals surface area contributed by atoms with Gasteiger partial charge in [0, 0.05) is 18.0 Å². The number of nitrogens with zero attached hydrogens (tertiary/aromatic N) is 5. The molecule has 10 heteroatoms. The van der Waals surface area contributed by atoms with Gasteiger partial charge in [0.1, 0.15) is 11.6 Å². The van der Waals surface area contributed by atoms with Crippen LogP contribution >= 0.6 is 23.2 Å². The van der Waals surface area contributed by atoms with E-state index in [1.165, 1.54) is 18.5 Å². The van der Waals surface area contributed by atoms with Crippen molar-refractivity contribution in [3.05, 3.63) is 52.4 Å². The highest BCUT2D eigenvalue weighted by atomic mass is 35.5. The van der Waals surface area contributed by atoms with Crippen molar-refractivity contribution in [3.63, 3.8) is 0 Å². The van der Waals surface area contributed by atoms with Crippen LogP contribution in [0.4, 0.5) is 0 Å². The van der Waals surface area contributed by atoms with E-state index in [9.17, 15) is 8.42 Å². The van der Waals surface area contributed by atoms with Crippen molar-refractivity contribution in [2.45, 2.75) is 11.6 Å². The minimum Gasteiger partial charge on any atom is -0.280 e. The number of sulfone groups is 1. The van der Waals surface area contributed by atoms with E-state index in [4.69, 9.17) is 28.5 Å². The Morgan fingerprint density at radius 3 is 2.62 bits per heavy atom. The van der Waals surface area contributed by atoms with Crippen molar-refractivity contribution in [2.24, 2.45) is 0 Å². The maximum atomic E-state index is 11.8. The summed E-state index contributed by atoms with van der Waals surface area (Å²) in [6, 6.07) is 8.58. The number of hydrogen-bond acceptors (Lipinski definition) is 6. The van der Waals surface area contributed by atoms with Crippen molar-refractivity contribution in [2.75, 3.05) is 6.26 Å². The first-order valence-corrected chi connectivity index (χ1v) is 9.88. The first kappa shape index (κ1) is 18.3. The zero-order valence-electron chi connectivity index (χ0n) is 13.4. The van der Waals surface area contributed by atoms with E-state index in [0.717, 1.165) is 6.26 Å². The summed E-state index contributed by atoms with van der Waals surface area (Å²) in [7, 11) is -3.59. The van der Waals surface area contributed by atoms with Gasteiger partial charge in [-0.1, -0.05) is 23.2 Å². The van der Waals surface area contributed by atoms with Gasteiger partial charge in [0.05, 0.1) is 34.4 Å². The van der Waals surface area contributed by atoms with E-state index in [1.807, 2.05) is 0 Å². The van der Waals surface area contributed by atoms with Crippen molar-refractivity contribution >= 4 is 33.0 Å². The van der Waals surface area contributed by atoms with Crippen LogP contribution in [0.15, 0.2) is 41.8 Å². The molecule has 0 unspecified atom stereocenters. The molecule has 132 valence electrons. The Balaban J connectivity index is 2.24. The van der Waals surface area contributed by atoms with Gasteiger partial charge in [-0.2, -0.15) is 5.26 Å². The average Bonchev–Trinajstić information content (AvgIpc) is 3.01. The lowest BCUT2D eigenvalue weighted by atomic mass is 10.2. The number of imidazole rings is 1. The largest absolute Gasteiger partial charge is 0.280 e. The van der Waals surface area contributed by atoms with Gasteiger partial charge in [-0.3, -0.25) is 4.57 Å². The topological polar surface area (TPSA) is 102 Å². The molecule has 0 radical (unpaired) electrons. The molecule has 1 aromatic carbocycles. The van der Waals surface area contributed by atoms with Crippen LogP contribution in [0.1, 0.15) is 5.69 Å². The maximum Gasteiger partial charge on any atom is 0.248 e. The molecule has 0 saturated carbocycles. The molecule has 2 heterocycles. The summed E-state index contributed by atoms with van der Waals surface area (Å²) in [6.07, 6.45) is 3.96. The summed E-state index contributed by atoms with van der Waals surface area (Å²) in [4.78, 5) is 12.2. The van der Waals surface area contributed by atoms with Crippen molar-refractivity contribution in [3.8, 4) is 23.3 Å².